The van der Waals surface area contributed by atoms with Gasteiger partial charge in [0, 0.05) is 63.7 Å². The maximum atomic E-state index is 13.3. The Morgan fingerprint density at radius 3 is 2.55 bits per heavy atom. The monoisotopic (exact) mass is 620 g/mol. The minimum Gasteiger partial charge on any atom is -0.390 e. The highest BCUT2D eigenvalue weighted by Crippen LogP contribution is 2.37. The van der Waals surface area contributed by atoms with Crippen LogP contribution in [0, 0.1) is 23.7 Å². The molecule has 8 unspecified atom stereocenters. The van der Waals surface area contributed by atoms with E-state index >= 15 is 0 Å². The summed E-state index contributed by atoms with van der Waals surface area (Å²) in [5.41, 5.74) is 0. The van der Waals surface area contributed by atoms with Gasteiger partial charge in [-0.2, -0.15) is 0 Å². The lowest BCUT2D eigenvalue weighted by Gasteiger charge is -2.44. The highest BCUT2D eigenvalue weighted by Gasteiger charge is 2.38. The molecule has 0 aromatic rings. The molecule has 0 radical (unpaired) electrons. The van der Waals surface area contributed by atoms with Crippen LogP contribution in [-0.4, -0.2) is 122 Å². The smallest absolute Gasteiger partial charge is 0.223 e. The Hall–Kier alpha value is -1.34. The molecule has 0 aromatic heterocycles. The second kappa shape index (κ2) is 16.0. The summed E-state index contributed by atoms with van der Waals surface area (Å²) in [6.07, 6.45) is 7.97. The first-order valence-electron chi connectivity index (χ1n) is 17.6. The lowest BCUT2D eigenvalue weighted by molar-refractivity contribution is -0.130. The molecule has 4 heterocycles. The van der Waals surface area contributed by atoms with Gasteiger partial charge in [-0.15, -0.1) is 0 Å². The van der Waals surface area contributed by atoms with Crippen LogP contribution in [0.15, 0.2) is 0 Å². The number of hydrogen-bond donors (Lipinski definition) is 5. The van der Waals surface area contributed by atoms with Crippen LogP contribution >= 0.6 is 0 Å². The van der Waals surface area contributed by atoms with Crippen molar-refractivity contribution in [3.63, 3.8) is 0 Å². The van der Waals surface area contributed by atoms with Gasteiger partial charge in [0.15, 0.2) is 0 Å². The molecule has 4 saturated heterocycles. The van der Waals surface area contributed by atoms with E-state index in [1.54, 1.807) is 6.92 Å². The van der Waals surface area contributed by atoms with Crippen molar-refractivity contribution in [3.8, 4) is 0 Å². The molecule has 0 aromatic carbocycles. The zero-order valence-corrected chi connectivity index (χ0v) is 27.6. The first-order valence-corrected chi connectivity index (χ1v) is 17.6. The number of amides is 2. The fourth-order valence-corrected chi connectivity index (χ4v) is 8.20. The number of ether oxygens (including phenoxy) is 2. The van der Waals surface area contributed by atoms with Crippen molar-refractivity contribution in [2.24, 2.45) is 23.7 Å². The highest BCUT2D eigenvalue weighted by molar-refractivity contribution is 5.79. The topological polar surface area (TPSA) is 127 Å². The number of nitrogens with one attached hydrogen (secondary N) is 4. The number of fused-ring (bicyclic) bond motifs is 1. The summed E-state index contributed by atoms with van der Waals surface area (Å²) < 4.78 is 12.0. The summed E-state index contributed by atoms with van der Waals surface area (Å²) in [6.45, 7) is 14.0. The third-order valence-corrected chi connectivity index (χ3v) is 11.2. The van der Waals surface area contributed by atoms with E-state index in [4.69, 9.17) is 9.47 Å². The Morgan fingerprint density at radius 1 is 1.05 bits per heavy atom. The van der Waals surface area contributed by atoms with E-state index in [1.807, 2.05) is 4.90 Å². The second-order valence-electron chi connectivity index (χ2n) is 14.8. The van der Waals surface area contributed by atoms with E-state index in [-0.39, 0.29) is 36.0 Å². The van der Waals surface area contributed by atoms with Crippen LogP contribution in [-0.2, 0) is 19.1 Å². The average Bonchev–Trinajstić information content (AvgIpc) is 3.43. The van der Waals surface area contributed by atoms with Crippen molar-refractivity contribution in [2.75, 3.05) is 52.6 Å². The Balaban J connectivity index is 1.01. The van der Waals surface area contributed by atoms with E-state index in [2.05, 4.69) is 46.9 Å². The van der Waals surface area contributed by atoms with Gasteiger partial charge < -0.3 is 29.7 Å². The van der Waals surface area contributed by atoms with Crippen LogP contribution in [0.25, 0.3) is 0 Å². The lowest BCUT2D eigenvalue weighted by Crippen LogP contribution is -2.59. The number of aliphatic hydroxyl groups is 1. The van der Waals surface area contributed by atoms with E-state index in [0.29, 0.717) is 62.4 Å². The molecule has 1 aliphatic carbocycles. The molecule has 252 valence electrons. The second-order valence-corrected chi connectivity index (χ2v) is 14.8. The SMILES string of the molecule is CC(=O)N1CCC(NC2CC(C(=O)NC[C@H](O)CN3CCC4CC(OCC5OCNC5C)CCC4C3)CC(C(C)C)N2)CC1. The van der Waals surface area contributed by atoms with Gasteiger partial charge in [-0.25, -0.2) is 0 Å². The first-order chi connectivity index (χ1) is 21.1. The molecule has 0 spiro atoms. The molecule has 11 heteroatoms. The number of rotatable bonds is 11. The Bertz CT molecular complexity index is 932. The van der Waals surface area contributed by atoms with Gasteiger partial charge >= 0.3 is 0 Å². The fraction of sp³-hybridized carbons (Fsp3) is 0.939. The molecule has 9 atom stereocenters. The molecule has 4 aliphatic heterocycles. The summed E-state index contributed by atoms with van der Waals surface area (Å²) in [4.78, 5) is 29.4. The standard InChI is InChI=1S/C33H60N6O5/c1-21(2)30-14-26(15-32(37-30)36-27-8-11-39(12-9-27)23(4)40)33(42)34-16-28(41)18-38-10-7-24-13-29(6-5-25(24)17-38)43-19-31-22(3)35-20-44-31/h21-22,24-32,35-37,41H,5-20H2,1-4H3,(H,34,42)/t22?,24?,25?,26?,28-,29?,30?,31?,32?/m0/s1. The molecule has 5 aliphatic rings. The summed E-state index contributed by atoms with van der Waals surface area (Å²) in [5.74, 6) is 1.90. The van der Waals surface area contributed by atoms with E-state index in [9.17, 15) is 14.7 Å². The highest BCUT2D eigenvalue weighted by atomic mass is 16.5. The third kappa shape index (κ3) is 9.36. The zero-order chi connectivity index (χ0) is 31.2. The van der Waals surface area contributed by atoms with Crippen LogP contribution < -0.4 is 21.3 Å². The number of β-amino-alcohol motifs (C(OH)–C–C–N with tert-alkyl or cyclic N) is 1. The number of carbonyl (C=O) groups excluding carboxylic acids is 2. The molecule has 5 N–H and O–H groups in total. The van der Waals surface area contributed by atoms with E-state index in [1.165, 1.54) is 6.42 Å². The zero-order valence-electron chi connectivity index (χ0n) is 27.6. The average molecular weight is 621 g/mol. The minimum atomic E-state index is -0.569. The Morgan fingerprint density at radius 2 is 1.84 bits per heavy atom. The maximum Gasteiger partial charge on any atom is 0.223 e. The number of piperidine rings is 3. The molecule has 44 heavy (non-hydrogen) atoms. The number of hydrogen-bond acceptors (Lipinski definition) is 9. The van der Waals surface area contributed by atoms with Crippen LogP contribution in [0.3, 0.4) is 0 Å². The van der Waals surface area contributed by atoms with Crippen molar-refractivity contribution in [1.29, 1.82) is 0 Å². The quantitative estimate of drug-likeness (QED) is 0.232. The first kappa shape index (κ1) is 34.0. The van der Waals surface area contributed by atoms with Crippen molar-refractivity contribution in [3.05, 3.63) is 0 Å². The van der Waals surface area contributed by atoms with Crippen LogP contribution in [0.4, 0.5) is 0 Å². The normalized spacial score (nSPS) is 36.3. The third-order valence-electron chi connectivity index (χ3n) is 11.2. The van der Waals surface area contributed by atoms with Gasteiger partial charge in [0.1, 0.15) is 0 Å². The van der Waals surface area contributed by atoms with Gasteiger partial charge in [-0.05, 0) is 82.6 Å². The summed E-state index contributed by atoms with van der Waals surface area (Å²) in [5, 5.41) is 24.8. The molecular weight excluding hydrogens is 560 g/mol. The van der Waals surface area contributed by atoms with Crippen LogP contribution in [0.1, 0.15) is 79.1 Å². The van der Waals surface area contributed by atoms with Crippen molar-refractivity contribution in [1.82, 2.24) is 31.1 Å². The van der Waals surface area contributed by atoms with Crippen molar-refractivity contribution >= 4 is 11.8 Å². The molecule has 1 saturated carbocycles. The van der Waals surface area contributed by atoms with Crippen LogP contribution in [0.5, 0.6) is 0 Å². The van der Waals surface area contributed by atoms with Gasteiger partial charge in [-0.1, -0.05) is 13.8 Å². The summed E-state index contributed by atoms with van der Waals surface area (Å²) >= 11 is 0. The molecule has 11 nitrogen and oxygen atoms in total. The summed E-state index contributed by atoms with van der Waals surface area (Å²) in [7, 11) is 0. The molecule has 2 amide bonds. The predicted molar refractivity (Wildman–Crippen MR) is 170 cm³/mol. The van der Waals surface area contributed by atoms with Gasteiger partial charge in [0.2, 0.25) is 11.8 Å². The fourth-order valence-electron chi connectivity index (χ4n) is 8.20. The predicted octanol–water partition coefficient (Wildman–Crippen LogP) is 1.26. The molecule has 0 bridgehead atoms. The van der Waals surface area contributed by atoms with Gasteiger partial charge in [0.05, 0.1) is 37.8 Å². The van der Waals surface area contributed by atoms with Crippen molar-refractivity contribution in [2.45, 2.75) is 122 Å². The van der Waals surface area contributed by atoms with Crippen molar-refractivity contribution < 1.29 is 24.2 Å². The van der Waals surface area contributed by atoms with Crippen LogP contribution in [0.2, 0.25) is 0 Å². The number of aliphatic hydroxyl groups excluding tert-OH is 1. The number of nitrogens with zero attached hydrogens (tertiary/aromatic N) is 2. The molecular formula is C33H60N6O5. The molecule has 5 rings (SSSR count). The van der Waals surface area contributed by atoms with Gasteiger partial charge in [-0.3, -0.25) is 25.5 Å². The van der Waals surface area contributed by atoms with E-state index in [0.717, 1.165) is 71.1 Å². The largest absolute Gasteiger partial charge is 0.390 e. The Kier molecular flexibility index (Phi) is 12.3. The molecule has 5 fully saturated rings. The minimum absolute atomic E-state index is 0.0552. The summed E-state index contributed by atoms with van der Waals surface area (Å²) in [6, 6.07) is 0.960. The Labute approximate surface area is 264 Å². The number of likely N-dealkylation sites (tertiary alicyclic amines) is 2. The lowest BCUT2D eigenvalue weighted by atomic mass is 9.74. The van der Waals surface area contributed by atoms with E-state index < -0.39 is 6.10 Å². The maximum absolute atomic E-state index is 13.3. The van der Waals surface area contributed by atoms with Gasteiger partial charge in [0.25, 0.3) is 0 Å². The number of carbonyl (C=O) groups is 2.